The van der Waals surface area contributed by atoms with Crippen LogP contribution in [0.4, 0.5) is 0 Å². The first-order valence-electron chi connectivity index (χ1n) is 12.5. The third kappa shape index (κ3) is 4.99. The summed E-state index contributed by atoms with van der Waals surface area (Å²) in [6.45, 7) is 1.65. The molecule has 1 aliphatic heterocycles. The van der Waals surface area contributed by atoms with Crippen molar-refractivity contribution < 1.29 is 24.1 Å². The lowest BCUT2D eigenvalue weighted by molar-refractivity contribution is -0.122. The molecule has 1 saturated heterocycles. The summed E-state index contributed by atoms with van der Waals surface area (Å²) in [5, 5.41) is 14.2. The van der Waals surface area contributed by atoms with Gasteiger partial charge in [0.05, 0.1) is 33.0 Å². The first-order valence-corrected chi connectivity index (χ1v) is 12.9. The number of likely N-dealkylation sites (tertiary alicyclic amines) is 1. The minimum atomic E-state index is -1.10. The van der Waals surface area contributed by atoms with E-state index in [4.69, 9.17) is 26.4 Å². The number of aliphatic hydroxyl groups excluding tert-OH is 1. The van der Waals surface area contributed by atoms with Crippen LogP contribution in [0.3, 0.4) is 0 Å². The number of rotatable bonds is 9. The number of ketones is 1. The number of benzene rings is 3. The van der Waals surface area contributed by atoms with E-state index < -0.39 is 17.7 Å². The van der Waals surface area contributed by atoms with Crippen molar-refractivity contribution in [3.8, 4) is 11.5 Å². The first kappa shape index (κ1) is 27.6. The second-order valence-electron chi connectivity index (χ2n) is 9.24. The second-order valence-corrected chi connectivity index (χ2v) is 9.63. The Balaban J connectivity index is 1.90. The fourth-order valence-corrected chi connectivity index (χ4v) is 5.69. The Bertz CT molecular complexity index is 1210. The van der Waals surface area contributed by atoms with E-state index in [1.807, 2.05) is 78.9 Å². The molecule has 200 valence electrons. The predicted octanol–water partition coefficient (Wildman–Crippen LogP) is 3.91. The Morgan fingerprint density at radius 1 is 1.00 bits per heavy atom. The summed E-state index contributed by atoms with van der Waals surface area (Å²) >= 11 is 5.56. The van der Waals surface area contributed by atoms with E-state index in [1.54, 1.807) is 26.2 Å². The van der Waals surface area contributed by atoms with Crippen molar-refractivity contribution in [2.24, 2.45) is 0 Å². The molecule has 3 aromatic carbocycles. The van der Waals surface area contributed by atoms with E-state index >= 15 is 0 Å². The number of nitrogens with one attached hydrogen (secondary N) is 1. The number of hydrogen-bond acceptors (Lipinski definition) is 6. The molecular weight excluding hydrogens is 500 g/mol. The van der Waals surface area contributed by atoms with Crippen LogP contribution >= 0.6 is 12.2 Å². The highest BCUT2D eigenvalue weighted by Crippen LogP contribution is 2.47. The minimum Gasteiger partial charge on any atom is -0.493 e. The molecule has 0 radical (unpaired) electrons. The smallest absolute Gasteiger partial charge is 0.169 e. The molecule has 0 amide bonds. The van der Waals surface area contributed by atoms with Crippen LogP contribution in [-0.2, 0) is 15.1 Å². The third-order valence-corrected chi connectivity index (χ3v) is 7.49. The quantitative estimate of drug-likeness (QED) is 0.316. The van der Waals surface area contributed by atoms with E-state index in [1.165, 1.54) is 6.92 Å². The summed E-state index contributed by atoms with van der Waals surface area (Å²) in [4.78, 5) is 14.3. The molecule has 0 saturated carbocycles. The molecule has 0 bridgehead atoms. The molecule has 0 aliphatic carbocycles. The summed E-state index contributed by atoms with van der Waals surface area (Å²) in [5.41, 5.74) is 1.44. The molecule has 1 aliphatic rings. The van der Waals surface area contributed by atoms with Crippen LogP contribution < -0.4 is 14.8 Å². The number of Topliss-reactive ketones (excluding diaryl/α,β-unsaturated/α-hetero) is 1. The van der Waals surface area contributed by atoms with Gasteiger partial charge in [0, 0.05) is 12.6 Å². The van der Waals surface area contributed by atoms with E-state index in [0.717, 1.165) is 16.7 Å². The van der Waals surface area contributed by atoms with Crippen molar-refractivity contribution >= 4 is 23.1 Å². The van der Waals surface area contributed by atoms with Gasteiger partial charge in [0.2, 0.25) is 0 Å². The summed E-state index contributed by atoms with van der Waals surface area (Å²) in [5.74, 6) is 0.985. The Morgan fingerprint density at radius 2 is 1.61 bits per heavy atom. The van der Waals surface area contributed by atoms with Crippen molar-refractivity contribution in [3.05, 3.63) is 95.6 Å². The molecule has 3 atom stereocenters. The highest BCUT2D eigenvalue weighted by Gasteiger charge is 2.47. The van der Waals surface area contributed by atoms with Gasteiger partial charge in [-0.1, -0.05) is 72.8 Å². The van der Waals surface area contributed by atoms with Crippen LogP contribution in [0.1, 0.15) is 30.0 Å². The average Bonchev–Trinajstić information content (AvgIpc) is 3.30. The fourth-order valence-electron chi connectivity index (χ4n) is 5.42. The monoisotopic (exact) mass is 534 g/mol. The van der Waals surface area contributed by atoms with Gasteiger partial charge in [-0.05, 0) is 42.8 Å². The maximum Gasteiger partial charge on any atom is 0.169 e. The Morgan fingerprint density at radius 3 is 2.11 bits per heavy atom. The number of thiocarbonyl (C=S) groups is 1. The molecule has 3 unspecified atom stereocenters. The molecule has 8 heteroatoms. The van der Waals surface area contributed by atoms with Gasteiger partial charge in [0.1, 0.15) is 11.6 Å². The molecule has 38 heavy (non-hydrogen) atoms. The zero-order valence-corrected chi connectivity index (χ0v) is 22.9. The van der Waals surface area contributed by atoms with Crippen molar-refractivity contribution in [1.82, 2.24) is 10.2 Å². The topological polar surface area (TPSA) is 80.3 Å². The number of aliphatic hydroxyl groups is 1. The summed E-state index contributed by atoms with van der Waals surface area (Å²) in [6.07, 6.45) is -0.525. The summed E-state index contributed by atoms with van der Waals surface area (Å²) in [7, 11) is 4.93. The number of methoxy groups -OCH3 is 2. The summed E-state index contributed by atoms with van der Waals surface area (Å²) in [6, 6.07) is 24.5. The Kier molecular flexibility index (Phi) is 8.66. The lowest BCUT2D eigenvalue weighted by Crippen LogP contribution is -2.52. The second kappa shape index (κ2) is 11.9. The molecule has 1 fully saturated rings. The molecule has 0 aromatic heterocycles. The maximum absolute atomic E-state index is 12.5. The van der Waals surface area contributed by atoms with Crippen LogP contribution in [0.15, 0.2) is 78.9 Å². The van der Waals surface area contributed by atoms with Gasteiger partial charge in [0.15, 0.2) is 22.4 Å². The lowest BCUT2D eigenvalue weighted by atomic mass is 9.79. The summed E-state index contributed by atoms with van der Waals surface area (Å²) < 4.78 is 18.6. The minimum absolute atomic E-state index is 0.149. The Hall–Kier alpha value is -3.46. The number of carbonyl (C=O) groups excluding carboxylic acids is 1. The Labute approximate surface area is 229 Å². The van der Waals surface area contributed by atoms with E-state index in [0.29, 0.717) is 23.0 Å². The van der Waals surface area contributed by atoms with Gasteiger partial charge in [-0.2, -0.15) is 0 Å². The molecule has 3 aromatic rings. The van der Waals surface area contributed by atoms with Crippen molar-refractivity contribution in [2.75, 3.05) is 27.9 Å². The average molecular weight is 535 g/mol. The highest BCUT2D eigenvalue weighted by molar-refractivity contribution is 7.80. The molecule has 2 N–H and O–H groups in total. The van der Waals surface area contributed by atoms with Gasteiger partial charge in [-0.15, -0.1) is 0 Å². The predicted molar refractivity (Wildman–Crippen MR) is 151 cm³/mol. The van der Waals surface area contributed by atoms with Gasteiger partial charge in [-0.3, -0.25) is 4.79 Å². The van der Waals surface area contributed by atoms with Gasteiger partial charge >= 0.3 is 0 Å². The van der Waals surface area contributed by atoms with Crippen LogP contribution in [0.25, 0.3) is 0 Å². The zero-order valence-electron chi connectivity index (χ0n) is 22.1. The van der Waals surface area contributed by atoms with Crippen molar-refractivity contribution in [1.29, 1.82) is 0 Å². The van der Waals surface area contributed by atoms with Crippen LogP contribution in [0.2, 0.25) is 0 Å². The van der Waals surface area contributed by atoms with Crippen LogP contribution in [0, 0.1) is 0 Å². The highest BCUT2D eigenvalue weighted by atomic mass is 32.1. The molecule has 7 nitrogen and oxygen atoms in total. The number of nitrogens with zero attached hydrogens (tertiary/aromatic N) is 1. The SMILES string of the molecule is CNC(=S)N1C(COC(c2ccccc2)(c2ccccc2)c2cccc(OC)c2OC)CC(O)C1C(C)=O. The number of ether oxygens (including phenoxy) is 3. The van der Waals surface area contributed by atoms with E-state index in [9.17, 15) is 9.90 Å². The zero-order chi connectivity index (χ0) is 27.3. The lowest BCUT2D eigenvalue weighted by Gasteiger charge is -2.39. The molecular formula is C30H34N2O5S. The first-order chi connectivity index (χ1) is 18.4. The maximum atomic E-state index is 12.5. The fraction of sp³-hybridized carbons (Fsp3) is 0.333. The van der Waals surface area contributed by atoms with E-state index in [-0.39, 0.29) is 18.4 Å². The number of hydrogen-bond donors (Lipinski definition) is 2. The van der Waals surface area contributed by atoms with Gasteiger partial charge < -0.3 is 29.5 Å². The van der Waals surface area contributed by atoms with Gasteiger partial charge in [-0.25, -0.2) is 0 Å². The van der Waals surface area contributed by atoms with Crippen molar-refractivity contribution in [3.63, 3.8) is 0 Å². The van der Waals surface area contributed by atoms with E-state index in [2.05, 4.69) is 5.32 Å². The van der Waals surface area contributed by atoms with Crippen LogP contribution in [0.5, 0.6) is 11.5 Å². The molecule has 1 heterocycles. The number of para-hydroxylation sites is 1. The standard InChI is InChI=1S/C30H34N2O5S/c1-20(33)27-25(34)18-23(32(27)29(38)31-2)19-37-30(21-12-7-5-8-13-21,22-14-9-6-10-15-22)24-16-11-17-26(35-3)28(24)36-4/h5-17,23,25,27,34H,18-19H2,1-4H3,(H,31,38). The molecule has 4 rings (SSSR count). The number of carbonyl (C=O) groups is 1. The van der Waals surface area contributed by atoms with Crippen molar-refractivity contribution in [2.45, 2.75) is 37.1 Å². The largest absolute Gasteiger partial charge is 0.493 e. The third-order valence-electron chi connectivity index (χ3n) is 7.07. The van der Waals surface area contributed by atoms with Crippen LogP contribution in [-0.4, -0.2) is 67.0 Å². The molecule has 0 spiro atoms. The van der Waals surface area contributed by atoms with Gasteiger partial charge in [0.25, 0.3) is 0 Å². The normalized spacial score (nSPS) is 19.2.